The van der Waals surface area contributed by atoms with E-state index >= 15 is 0 Å². The Morgan fingerprint density at radius 1 is 1.05 bits per heavy atom. The molecule has 0 aromatic carbocycles. The van der Waals surface area contributed by atoms with Gasteiger partial charge in [0.05, 0.1) is 12.0 Å². The van der Waals surface area contributed by atoms with E-state index in [4.69, 9.17) is 11.1 Å². The zero-order valence-corrected chi connectivity index (χ0v) is 16.7. The molecular weight excluding hydrogens is 289 g/mol. The van der Waals surface area contributed by atoms with E-state index in [0.717, 1.165) is 19.3 Å². The number of nitrogens with zero attached hydrogens (tertiary/aromatic N) is 1. The number of carboxylic acid groups (broad SMARTS) is 1. The van der Waals surface area contributed by atoms with Gasteiger partial charge in [-0.1, -0.05) is 71.1 Å². The van der Waals surface area contributed by atoms with Crippen LogP contribution in [0.15, 0.2) is 0 Å². The van der Waals surface area contributed by atoms with Crippen LogP contribution in [0.25, 0.3) is 0 Å². The second-order valence-corrected chi connectivity index (χ2v) is 5.80. The van der Waals surface area contributed by atoms with E-state index in [1.165, 1.54) is 56.9 Å². The minimum atomic E-state index is -1.15. The van der Waals surface area contributed by atoms with E-state index in [0.29, 0.717) is 6.42 Å². The normalized spacial score (nSPS) is 11.5. The van der Waals surface area contributed by atoms with Crippen LogP contribution in [-0.4, -0.2) is 29.9 Å². The van der Waals surface area contributed by atoms with Crippen LogP contribution in [0.1, 0.15) is 77.6 Å². The number of carboxylic acids is 1. The molecule has 0 aliphatic carbocycles. The molecule has 0 bridgehead atoms. The molecule has 0 rings (SSSR count). The van der Waals surface area contributed by atoms with Gasteiger partial charge in [0.15, 0.2) is 5.96 Å². The van der Waals surface area contributed by atoms with Crippen molar-refractivity contribution in [3.8, 4) is 0 Å². The SMILES string of the molecule is CCCCCCCCCCCCC(C(=O)[O-])N(C)C(=N)N.[Na+]. The average Bonchev–Trinajstić information content (AvgIpc) is 2.43. The van der Waals surface area contributed by atoms with Crippen molar-refractivity contribution in [3.05, 3.63) is 0 Å². The molecule has 3 N–H and O–H groups in total. The van der Waals surface area contributed by atoms with E-state index in [2.05, 4.69) is 6.92 Å². The Balaban J connectivity index is 0. The fourth-order valence-electron chi connectivity index (χ4n) is 2.46. The van der Waals surface area contributed by atoms with Gasteiger partial charge in [-0.3, -0.25) is 5.41 Å². The van der Waals surface area contributed by atoms with Gasteiger partial charge in [-0.2, -0.15) is 0 Å². The van der Waals surface area contributed by atoms with Gasteiger partial charge in [0.1, 0.15) is 0 Å². The van der Waals surface area contributed by atoms with Crippen LogP contribution in [0.3, 0.4) is 0 Å². The number of nitrogens with one attached hydrogen (secondary N) is 1. The van der Waals surface area contributed by atoms with Gasteiger partial charge in [-0.05, 0) is 6.42 Å². The van der Waals surface area contributed by atoms with Gasteiger partial charge < -0.3 is 20.5 Å². The summed E-state index contributed by atoms with van der Waals surface area (Å²) in [6.07, 6.45) is 12.6. The Hall–Kier alpha value is -0.260. The Kier molecular flexibility index (Phi) is 17.0. The third-order valence-electron chi connectivity index (χ3n) is 3.95. The van der Waals surface area contributed by atoms with Crippen molar-refractivity contribution < 1.29 is 39.5 Å². The maximum Gasteiger partial charge on any atom is 1.00 e. The van der Waals surface area contributed by atoms with Crippen LogP contribution in [-0.2, 0) is 4.79 Å². The third kappa shape index (κ3) is 12.3. The molecule has 0 amide bonds. The fourth-order valence-corrected chi connectivity index (χ4v) is 2.46. The molecule has 0 radical (unpaired) electrons. The smallest absolute Gasteiger partial charge is 0.548 e. The molecule has 6 heteroatoms. The predicted octanol–water partition coefficient (Wildman–Crippen LogP) is -0.755. The molecule has 22 heavy (non-hydrogen) atoms. The van der Waals surface area contributed by atoms with Crippen molar-refractivity contribution in [2.24, 2.45) is 5.73 Å². The number of carbonyl (C=O) groups is 1. The molecule has 0 aromatic heterocycles. The first-order valence-electron chi connectivity index (χ1n) is 8.28. The third-order valence-corrected chi connectivity index (χ3v) is 3.95. The minimum absolute atomic E-state index is 0. The topological polar surface area (TPSA) is 93.2 Å². The quantitative estimate of drug-likeness (QED) is 0.202. The molecule has 124 valence electrons. The number of unbranched alkanes of at least 4 members (excludes halogenated alkanes) is 9. The summed E-state index contributed by atoms with van der Waals surface area (Å²) < 4.78 is 0. The Morgan fingerprint density at radius 2 is 1.45 bits per heavy atom. The van der Waals surface area contributed by atoms with Crippen LogP contribution in [0, 0.1) is 5.41 Å². The average molecular weight is 321 g/mol. The largest absolute Gasteiger partial charge is 1.00 e. The minimum Gasteiger partial charge on any atom is -0.548 e. The van der Waals surface area contributed by atoms with Crippen LogP contribution < -0.4 is 40.4 Å². The van der Waals surface area contributed by atoms with Gasteiger partial charge in [-0.25, -0.2) is 0 Å². The molecule has 0 saturated carbocycles. The predicted molar refractivity (Wildman–Crippen MR) is 84.9 cm³/mol. The van der Waals surface area contributed by atoms with E-state index in [9.17, 15) is 9.90 Å². The van der Waals surface area contributed by atoms with Crippen molar-refractivity contribution in [2.45, 2.75) is 83.6 Å². The van der Waals surface area contributed by atoms with Crippen molar-refractivity contribution in [2.75, 3.05) is 7.05 Å². The fraction of sp³-hybridized carbons (Fsp3) is 0.875. The molecule has 0 saturated heterocycles. The first-order valence-corrected chi connectivity index (χ1v) is 8.28. The number of hydrogen-bond acceptors (Lipinski definition) is 3. The summed E-state index contributed by atoms with van der Waals surface area (Å²) in [5, 5.41) is 18.3. The van der Waals surface area contributed by atoms with Gasteiger partial charge in [0, 0.05) is 7.05 Å². The van der Waals surface area contributed by atoms with Crippen molar-refractivity contribution in [1.82, 2.24) is 4.90 Å². The first-order chi connectivity index (χ1) is 10.0. The van der Waals surface area contributed by atoms with Crippen molar-refractivity contribution >= 4 is 11.9 Å². The second-order valence-electron chi connectivity index (χ2n) is 5.80. The number of aliphatic carboxylic acids is 1. The van der Waals surface area contributed by atoms with E-state index in [1.807, 2.05) is 0 Å². The Bertz CT molecular complexity index is 301. The first kappa shape index (κ1) is 24.0. The molecule has 1 atom stereocenters. The summed E-state index contributed by atoms with van der Waals surface area (Å²) in [6.45, 7) is 2.23. The number of guanidine groups is 1. The zero-order valence-electron chi connectivity index (χ0n) is 14.7. The molecular formula is C16H32N3NaO2. The molecule has 0 aliphatic heterocycles. The van der Waals surface area contributed by atoms with E-state index in [1.54, 1.807) is 0 Å². The number of rotatable bonds is 13. The maximum absolute atomic E-state index is 11.0. The van der Waals surface area contributed by atoms with Gasteiger partial charge in [-0.15, -0.1) is 0 Å². The van der Waals surface area contributed by atoms with Gasteiger partial charge >= 0.3 is 29.6 Å². The van der Waals surface area contributed by atoms with Crippen LogP contribution in [0.5, 0.6) is 0 Å². The van der Waals surface area contributed by atoms with Crippen molar-refractivity contribution in [1.29, 1.82) is 5.41 Å². The molecule has 0 spiro atoms. The summed E-state index contributed by atoms with van der Waals surface area (Å²) in [7, 11) is 1.53. The standard InChI is InChI=1S/C16H33N3O2.Na/c1-3-4-5-6-7-8-9-10-11-12-13-14(15(20)21)19(2)16(17)18;/h14H,3-13H2,1-2H3,(H3,17,18)(H,20,21);/q;+1/p-1. The summed E-state index contributed by atoms with van der Waals surface area (Å²) in [5.74, 6) is -1.38. The van der Waals surface area contributed by atoms with Crippen LogP contribution in [0.2, 0.25) is 0 Å². The van der Waals surface area contributed by atoms with Crippen LogP contribution in [0.4, 0.5) is 0 Å². The zero-order chi connectivity index (χ0) is 16.1. The maximum atomic E-state index is 11.0. The summed E-state index contributed by atoms with van der Waals surface area (Å²) in [5.41, 5.74) is 5.31. The Labute approximate surface area is 157 Å². The number of hydrogen-bond donors (Lipinski definition) is 2. The molecule has 0 heterocycles. The molecule has 0 aliphatic rings. The van der Waals surface area contributed by atoms with E-state index < -0.39 is 12.0 Å². The summed E-state index contributed by atoms with van der Waals surface area (Å²) in [4.78, 5) is 12.3. The molecule has 0 aromatic rings. The van der Waals surface area contributed by atoms with Gasteiger partial charge in [0.25, 0.3) is 0 Å². The van der Waals surface area contributed by atoms with Crippen LogP contribution >= 0.6 is 0 Å². The summed E-state index contributed by atoms with van der Waals surface area (Å²) in [6, 6.07) is -0.781. The summed E-state index contributed by atoms with van der Waals surface area (Å²) >= 11 is 0. The van der Waals surface area contributed by atoms with Gasteiger partial charge in [0.2, 0.25) is 0 Å². The molecule has 5 nitrogen and oxygen atoms in total. The number of carbonyl (C=O) groups excluding carboxylic acids is 1. The van der Waals surface area contributed by atoms with E-state index in [-0.39, 0.29) is 35.5 Å². The number of likely N-dealkylation sites (N-methyl/N-ethyl adjacent to an activating group) is 1. The monoisotopic (exact) mass is 321 g/mol. The Morgan fingerprint density at radius 3 is 1.82 bits per heavy atom. The molecule has 1 unspecified atom stereocenters. The second kappa shape index (κ2) is 15.6. The molecule has 0 fully saturated rings. The number of nitrogens with two attached hydrogens (primary N) is 1. The van der Waals surface area contributed by atoms with Crippen molar-refractivity contribution in [3.63, 3.8) is 0 Å².